The second-order valence-electron chi connectivity index (χ2n) is 5.68. The molecule has 1 aromatic carbocycles. The van der Waals surface area contributed by atoms with Crippen molar-refractivity contribution in [2.24, 2.45) is 0 Å². The number of halogens is 1. The highest BCUT2D eigenvalue weighted by Crippen LogP contribution is 2.32. The van der Waals surface area contributed by atoms with E-state index in [9.17, 15) is 0 Å². The topological polar surface area (TPSA) is 37.2 Å². The van der Waals surface area contributed by atoms with Crippen LogP contribution in [0.5, 0.6) is 0 Å². The normalized spacial score (nSPS) is 15.3. The second kappa shape index (κ2) is 7.12. The zero-order chi connectivity index (χ0) is 15.5. The van der Waals surface area contributed by atoms with Crippen molar-refractivity contribution in [2.45, 2.75) is 18.2 Å². The van der Waals surface area contributed by atoms with Gasteiger partial charge in [-0.3, -0.25) is 9.47 Å². The maximum atomic E-state index is 4.40. The van der Waals surface area contributed by atoms with E-state index >= 15 is 0 Å². The molecule has 0 spiro atoms. The molecular formula is C15H20BrN5S. The van der Waals surface area contributed by atoms with Gasteiger partial charge in [-0.15, -0.1) is 10.2 Å². The molecule has 0 saturated heterocycles. The molecule has 0 aliphatic carbocycles. The monoisotopic (exact) mass is 381 g/mol. The van der Waals surface area contributed by atoms with Crippen molar-refractivity contribution in [1.82, 2.24) is 24.6 Å². The van der Waals surface area contributed by atoms with Gasteiger partial charge in [0.2, 0.25) is 0 Å². The standard InChI is InChI=1S/C15H20BrN5S/c1-19(2)8-5-9-20-10-21-14(17-18-15(21)22-11-20)12-6-3-4-7-13(12)16/h3-4,6-7H,5,8-11H2,1-2H3. The van der Waals surface area contributed by atoms with Gasteiger partial charge in [0.05, 0.1) is 12.5 Å². The quantitative estimate of drug-likeness (QED) is 0.795. The van der Waals surface area contributed by atoms with Crippen LogP contribution >= 0.6 is 27.7 Å². The smallest absolute Gasteiger partial charge is 0.193 e. The fourth-order valence-electron chi connectivity index (χ4n) is 2.50. The number of thioether (sulfide) groups is 1. The van der Waals surface area contributed by atoms with E-state index in [2.05, 4.69) is 60.7 Å². The minimum absolute atomic E-state index is 0.861. The van der Waals surface area contributed by atoms with Gasteiger partial charge in [0.1, 0.15) is 0 Å². The van der Waals surface area contributed by atoms with Crippen molar-refractivity contribution in [2.75, 3.05) is 33.1 Å². The molecule has 1 aliphatic rings. The summed E-state index contributed by atoms with van der Waals surface area (Å²) >= 11 is 5.37. The molecular weight excluding hydrogens is 362 g/mol. The zero-order valence-corrected chi connectivity index (χ0v) is 15.3. The van der Waals surface area contributed by atoms with Crippen LogP contribution in [0, 0.1) is 0 Å². The van der Waals surface area contributed by atoms with Gasteiger partial charge in [-0.2, -0.15) is 0 Å². The summed E-state index contributed by atoms with van der Waals surface area (Å²) < 4.78 is 3.27. The molecule has 118 valence electrons. The molecule has 0 fully saturated rings. The van der Waals surface area contributed by atoms with Crippen molar-refractivity contribution in [3.8, 4) is 11.4 Å². The molecule has 3 rings (SSSR count). The van der Waals surface area contributed by atoms with Gasteiger partial charge in [-0.25, -0.2) is 0 Å². The zero-order valence-electron chi connectivity index (χ0n) is 12.9. The van der Waals surface area contributed by atoms with Crippen LogP contribution in [0.15, 0.2) is 33.9 Å². The molecule has 0 unspecified atom stereocenters. The maximum Gasteiger partial charge on any atom is 0.193 e. The highest BCUT2D eigenvalue weighted by molar-refractivity contribution is 9.10. The van der Waals surface area contributed by atoms with Crippen molar-refractivity contribution in [3.63, 3.8) is 0 Å². The third kappa shape index (κ3) is 3.53. The summed E-state index contributed by atoms with van der Waals surface area (Å²) in [7, 11) is 4.24. The molecule has 0 radical (unpaired) electrons. The average Bonchev–Trinajstić information content (AvgIpc) is 2.90. The van der Waals surface area contributed by atoms with E-state index < -0.39 is 0 Å². The van der Waals surface area contributed by atoms with Gasteiger partial charge in [0.15, 0.2) is 11.0 Å². The lowest BCUT2D eigenvalue weighted by molar-refractivity contribution is 0.226. The van der Waals surface area contributed by atoms with Gasteiger partial charge < -0.3 is 4.90 Å². The van der Waals surface area contributed by atoms with E-state index in [0.717, 1.165) is 46.7 Å². The summed E-state index contributed by atoms with van der Waals surface area (Å²) in [6, 6.07) is 8.18. The molecule has 7 heteroatoms. The molecule has 2 heterocycles. The first-order chi connectivity index (χ1) is 10.6. The first kappa shape index (κ1) is 16.0. The summed E-state index contributed by atoms with van der Waals surface area (Å²) in [6.07, 6.45) is 1.18. The predicted molar refractivity (Wildman–Crippen MR) is 93.8 cm³/mol. The van der Waals surface area contributed by atoms with Crippen LogP contribution in [0.2, 0.25) is 0 Å². The van der Waals surface area contributed by atoms with E-state index in [4.69, 9.17) is 0 Å². The van der Waals surface area contributed by atoms with Crippen LogP contribution in [0.4, 0.5) is 0 Å². The van der Waals surface area contributed by atoms with E-state index in [0.29, 0.717) is 0 Å². The third-order valence-corrected chi connectivity index (χ3v) is 5.37. The first-order valence-corrected chi connectivity index (χ1v) is 9.11. The van der Waals surface area contributed by atoms with Gasteiger partial charge in [-0.1, -0.05) is 45.9 Å². The number of benzene rings is 1. The fraction of sp³-hybridized carbons (Fsp3) is 0.467. The average molecular weight is 382 g/mol. The Morgan fingerprint density at radius 2 is 2.09 bits per heavy atom. The van der Waals surface area contributed by atoms with Gasteiger partial charge in [0.25, 0.3) is 0 Å². The van der Waals surface area contributed by atoms with Crippen LogP contribution in [0.25, 0.3) is 11.4 Å². The first-order valence-electron chi connectivity index (χ1n) is 7.33. The van der Waals surface area contributed by atoms with E-state index in [1.165, 1.54) is 6.42 Å². The highest BCUT2D eigenvalue weighted by Gasteiger charge is 2.22. The number of nitrogens with zero attached hydrogens (tertiary/aromatic N) is 5. The lowest BCUT2D eigenvalue weighted by Gasteiger charge is -2.28. The van der Waals surface area contributed by atoms with Crippen LogP contribution < -0.4 is 0 Å². The summed E-state index contributed by atoms with van der Waals surface area (Å²) in [5.41, 5.74) is 1.09. The number of hydrogen-bond acceptors (Lipinski definition) is 5. The predicted octanol–water partition coefficient (Wildman–Crippen LogP) is 2.98. The van der Waals surface area contributed by atoms with Crippen molar-refractivity contribution < 1.29 is 0 Å². The Hall–Kier alpha value is -0.890. The number of fused-ring (bicyclic) bond motifs is 1. The van der Waals surface area contributed by atoms with Crippen LogP contribution in [-0.4, -0.2) is 57.6 Å². The number of aromatic nitrogens is 3. The summed E-state index contributed by atoms with van der Waals surface area (Å²) in [5, 5.41) is 9.75. The molecule has 2 aromatic rings. The Labute approximate surface area is 143 Å². The van der Waals surface area contributed by atoms with Crippen LogP contribution in [0.1, 0.15) is 6.42 Å². The molecule has 0 bridgehead atoms. The molecule has 5 nitrogen and oxygen atoms in total. The van der Waals surface area contributed by atoms with Crippen LogP contribution in [0.3, 0.4) is 0 Å². The lowest BCUT2D eigenvalue weighted by Crippen LogP contribution is -2.32. The Morgan fingerprint density at radius 1 is 1.27 bits per heavy atom. The fourth-order valence-corrected chi connectivity index (χ4v) is 3.87. The molecule has 0 atom stereocenters. The molecule has 0 N–H and O–H groups in total. The summed E-state index contributed by atoms with van der Waals surface area (Å²) in [6.45, 7) is 3.07. The Bertz CT molecular complexity index is 643. The van der Waals surface area contributed by atoms with E-state index in [1.54, 1.807) is 11.8 Å². The Morgan fingerprint density at radius 3 is 2.86 bits per heavy atom. The van der Waals surface area contributed by atoms with Gasteiger partial charge in [0, 0.05) is 16.6 Å². The third-order valence-electron chi connectivity index (χ3n) is 3.63. The number of hydrogen-bond donors (Lipinski definition) is 0. The molecule has 22 heavy (non-hydrogen) atoms. The van der Waals surface area contributed by atoms with Gasteiger partial charge in [-0.05, 0) is 33.1 Å². The molecule has 1 aliphatic heterocycles. The Kier molecular flexibility index (Phi) is 5.18. The second-order valence-corrected chi connectivity index (χ2v) is 7.45. The van der Waals surface area contributed by atoms with E-state index in [-0.39, 0.29) is 0 Å². The molecule has 0 saturated carbocycles. The summed E-state index contributed by atoms with van der Waals surface area (Å²) in [4.78, 5) is 4.68. The van der Waals surface area contributed by atoms with Gasteiger partial charge >= 0.3 is 0 Å². The highest BCUT2D eigenvalue weighted by atomic mass is 79.9. The minimum Gasteiger partial charge on any atom is -0.309 e. The van der Waals surface area contributed by atoms with Crippen LogP contribution in [-0.2, 0) is 6.67 Å². The van der Waals surface area contributed by atoms with Crippen molar-refractivity contribution in [3.05, 3.63) is 28.7 Å². The summed E-state index contributed by atoms with van der Waals surface area (Å²) in [5.74, 6) is 1.92. The lowest BCUT2D eigenvalue weighted by atomic mass is 10.2. The SMILES string of the molecule is CN(C)CCCN1CSc2nnc(-c3ccccc3Br)n2C1. The number of rotatable bonds is 5. The minimum atomic E-state index is 0.861. The van der Waals surface area contributed by atoms with E-state index in [1.807, 2.05) is 18.2 Å². The van der Waals surface area contributed by atoms with Crippen molar-refractivity contribution in [1.29, 1.82) is 0 Å². The molecule has 0 amide bonds. The molecule has 1 aromatic heterocycles. The Balaban J connectivity index is 1.76. The largest absolute Gasteiger partial charge is 0.309 e. The van der Waals surface area contributed by atoms with Crippen molar-refractivity contribution >= 4 is 27.7 Å². The maximum absolute atomic E-state index is 4.40.